The molecule has 3 N–H and O–H groups in total. The number of hydrogen-bond acceptors (Lipinski definition) is 4. The van der Waals surface area contributed by atoms with E-state index in [0.29, 0.717) is 5.69 Å². The normalized spacial score (nSPS) is 12.0. The van der Waals surface area contributed by atoms with E-state index in [-0.39, 0.29) is 54.6 Å². The summed E-state index contributed by atoms with van der Waals surface area (Å²) in [6.45, 7) is 4.04. The molecule has 1 unspecified atom stereocenters. The van der Waals surface area contributed by atoms with E-state index >= 15 is 0 Å². The van der Waals surface area contributed by atoms with Crippen LogP contribution in [0, 0.1) is 5.82 Å². The summed E-state index contributed by atoms with van der Waals surface area (Å²) in [4.78, 5) is 27.5. The van der Waals surface area contributed by atoms with Crippen molar-refractivity contribution in [2.24, 2.45) is 5.73 Å². The number of nitrogens with two attached hydrogens (primary N) is 1. The summed E-state index contributed by atoms with van der Waals surface area (Å²) < 4.78 is 15.7. The van der Waals surface area contributed by atoms with Gasteiger partial charge in [0.05, 0.1) is 22.8 Å². The highest BCUT2D eigenvalue weighted by atomic mass is 35.5. The number of para-hydroxylation sites is 1. The van der Waals surface area contributed by atoms with Crippen molar-refractivity contribution in [1.82, 2.24) is 20.0 Å². The Morgan fingerprint density at radius 1 is 1.24 bits per heavy atom. The standard InChI is InChI=1S/C24H29ClFN5O2/c1-3-7-16(2)30(14-22(32)28-13-17-8-6-10-19(25)24(17)26)23(33)15-31-21-11-5-4-9-18(21)20(12-27)29-31/h4-6,8-11,16H,3,7,12-15,27H2,1-2H3,(H,28,32). The summed E-state index contributed by atoms with van der Waals surface area (Å²) in [6.07, 6.45) is 1.61. The lowest BCUT2D eigenvalue weighted by Gasteiger charge is -2.29. The molecule has 0 aliphatic carbocycles. The number of nitrogens with one attached hydrogen (secondary N) is 1. The van der Waals surface area contributed by atoms with Crippen molar-refractivity contribution in [3.05, 3.63) is 64.6 Å². The lowest BCUT2D eigenvalue weighted by molar-refractivity contribution is -0.138. The Kier molecular flexibility index (Phi) is 8.41. The highest BCUT2D eigenvalue weighted by Gasteiger charge is 2.24. The predicted octanol–water partition coefficient (Wildman–Crippen LogP) is 3.62. The summed E-state index contributed by atoms with van der Waals surface area (Å²) in [5.41, 5.74) is 7.63. The number of aromatic nitrogens is 2. The predicted molar refractivity (Wildman–Crippen MR) is 127 cm³/mol. The first-order valence-corrected chi connectivity index (χ1v) is 11.4. The SMILES string of the molecule is CCCC(C)N(CC(=O)NCc1cccc(Cl)c1F)C(=O)Cn1nc(CN)c2ccccc21. The monoisotopic (exact) mass is 473 g/mol. The maximum atomic E-state index is 14.1. The van der Waals surface area contributed by atoms with E-state index in [1.54, 1.807) is 21.7 Å². The minimum Gasteiger partial charge on any atom is -0.350 e. The zero-order chi connectivity index (χ0) is 24.0. The first kappa shape index (κ1) is 24.7. The molecule has 0 fully saturated rings. The lowest BCUT2D eigenvalue weighted by atomic mass is 10.1. The molecule has 1 aromatic heterocycles. The molecule has 2 amide bonds. The largest absolute Gasteiger partial charge is 0.350 e. The molecule has 0 bridgehead atoms. The van der Waals surface area contributed by atoms with Crippen LogP contribution in [0.1, 0.15) is 37.9 Å². The van der Waals surface area contributed by atoms with Crippen LogP contribution in [0.4, 0.5) is 4.39 Å². The molecule has 2 aromatic carbocycles. The summed E-state index contributed by atoms with van der Waals surface area (Å²) in [5.74, 6) is -1.16. The van der Waals surface area contributed by atoms with Gasteiger partial charge >= 0.3 is 0 Å². The van der Waals surface area contributed by atoms with Crippen LogP contribution in [0.25, 0.3) is 10.9 Å². The maximum Gasteiger partial charge on any atom is 0.245 e. The van der Waals surface area contributed by atoms with E-state index in [4.69, 9.17) is 17.3 Å². The number of halogens is 2. The van der Waals surface area contributed by atoms with E-state index in [2.05, 4.69) is 10.4 Å². The molecule has 33 heavy (non-hydrogen) atoms. The fourth-order valence-electron chi connectivity index (χ4n) is 3.84. The second-order valence-electron chi connectivity index (χ2n) is 7.97. The molecule has 0 aliphatic heterocycles. The van der Waals surface area contributed by atoms with E-state index in [1.807, 2.05) is 38.1 Å². The van der Waals surface area contributed by atoms with Gasteiger partial charge in [0.1, 0.15) is 12.4 Å². The molecule has 9 heteroatoms. The molecule has 176 valence electrons. The Morgan fingerprint density at radius 3 is 2.73 bits per heavy atom. The first-order valence-electron chi connectivity index (χ1n) is 11.0. The molecule has 0 saturated carbocycles. The minimum atomic E-state index is -0.562. The molecular weight excluding hydrogens is 445 g/mol. The lowest BCUT2D eigenvalue weighted by Crippen LogP contribution is -2.46. The van der Waals surface area contributed by atoms with Crippen LogP contribution in [0.5, 0.6) is 0 Å². The van der Waals surface area contributed by atoms with Crippen molar-refractivity contribution in [3.8, 4) is 0 Å². The van der Waals surface area contributed by atoms with Crippen molar-refractivity contribution in [3.63, 3.8) is 0 Å². The quantitative estimate of drug-likeness (QED) is 0.470. The van der Waals surface area contributed by atoms with Gasteiger partial charge in [-0.25, -0.2) is 4.39 Å². The molecule has 0 radical (unpaired) electrons. The average Bonchev–Trinajstić information content (AvgIpc) is 3.16. The van der Waals surface area contributed by atoms with Gasteiger partial charge in [-0.1, -0.05) is 55.3 Å². The first-order chi connectivity index (χ1) is 15.8. The molecule has 1 atom stereocenters. The van der Waals surface area contributed by atoms with Gasteiger partial charge in [0.15, 0.2) is 0 Å². The second-order valence-corrected chi connectivity index (χ2v) is 8.38. The number of carbonyl (C=O) groups is 2. The van der Waals surface area contributed by atoms with Gasteiger partial charge in [-0.15, -0.1) is 0 Å². The Bertz CT molecular complexity index is 1130. The third kappa shape index (κ3) is 5.89. The fourth-order valence-corrected chi connectivity index (χ4v) is 4.03. The highest BCUT2D eigenvalue weighted by Crippen LogP contribution is 2.19. The van der Waals surface area contributed by atoms with Crippen LogP contribution < -0.4 is 11.1 Å². The van der Waals surface area contributed by atoms with E-state index in [0.717, 1.165) is 23.7 Å². The minimum absolute atomic E-state index is 0.00146. The Morgan fingerprint density at radius 2 is 2.00 bits per heavy atom. The fraction of sp³-hybridized carbons (Fsp3) is 0.375. The number of nitrogens with zero attached hydrogens (tertiary/aromatic N) is 3. The third-order valence-corrected chi connectivity index (χ3v) is 5.89. The molecule has 0 spiro atoms. The zero-order valence-corrected chi connectivity index (χ0v) is 19.6. The summed E-state index contributed by atoms with van der Waals surface area (Å²) in [7, 11) is 0. The zero-order valence-electron chi connectivity index (χ0n) is 18.9. The van der Waals surface area contributed by atoms with Crippen LogP contribution in [0.3, 0.4) is 0 Å². The van der Waals surface area contributed by atoms with Crippen LogP contribution in [0.15, 0.2) is 42.5 Å². The molecule has 3 rings (SSSR count). The Labute approximate surface area is 197 Å². The Hall–Kier alpha value is -2.97. The molecule has 3 aromatic rings. The van der Waals surface area contributed by atoms with Gasteiger partial charge < -0.3 is 16.0 Å². The van der Waals surface area contributed by atoms with Gasteiger partial charge in [-0.2, -0.15) is 5.10 Å². The van der Waals surface area contributed by atoms with E-state index in [1.165, 1.54) is 6.07 Å². The van der Waals surface area contributed by atoms with Crippen molar-refractivity contribution >= 4 is 34.3 Å². The highest BCUT2D eigenvalue weighted by molar-refractivity contribution is 6.30. The van der Waals surface area contributed by atoms with Crippen molar-refractivity contribution in [2.45, 2.75) is 52.4 Å². The number of carbonyl (C=O) groups excluding carboxylic acids is 2. The third-order valence-electron chi connectivity index (χ3n) is 5.59. The number of hydrogen-bond donors (Lipinski definition) is 2. The van der Waals surface area contributed by atoms with Crippen LogP contribution >= 0.6 is 11.6 Å². The molecule has 7 nitrogen and oxygen atoms in total. The number of fused-ring (bicyclic) bond motifs is 1. The van der Waals surface area contributed by atoms with E-state index in [9.17, 15) is 14.0 Å². The molecular formula is C24H29ClFN5O2. The van der Waals surface area contributed by atoms with Gasteiger partial charge in [0.25, 0.3) is 0 Å². The van der Waals surface area contributed by atoms with Crippen molar-refractivity contribution in [2.75, 3.05) is 6.54 Å². The smallest absolute Gasteiger partial charge is 0.245 e. The molecule has 0 aliphatic rings. The van der Waals surface area contributed by atoms with Gasteiger partial charge in [0.2, 0.25) is 11.8 Å². The average molecular weight is 474 g/mol. The number of rotatable bonds is 10. The van der Waals surface area contributed by atoms with Crippen molar-refractivity contribution < 1.29 is 14.0 Å². The van der Waals surface area contributed by atoms with Crippen LogP contribution in [-0.4, -0.2) is 39.1 Å². The summed E-state index contributed by atoms with van der Waals surface area (Å²) >= 11 is 5.81. The van der Waals surface area contributed by atoms with Gasteiger partial charge in [0, 0.05) is 30.1 Å². The van der Waals surface area contributed by atoms with Gasteiger partial charge in [-0.3, -0.25) is 14.3 Å². The van der Waals surface area contributed by atoms with Crippen LogP contribution in [-0.2, 0) is 29.2 Å². The summed E-state index contributed by atoms with van der Waals surface area (Å²) in [6, 6.07) is 12.1. The maximum absolute atomic E-state index is 14.1. The molecule has 0 saturated heterocycles. The van der Waals surface area contributed by atoms with Gasteiger partial charge in [-0.05, 0) is 25.5 Å². The van der Waals surface area contributed by atoms with E-state index < -0.39 is 5.82 Å². The second kappa shape index (κ2) is 11.2. The number of amides is 2. The number of benzene rings is 2. The van der Waals surface area contributed by atoms with Crippen molar-refractivity contribution in [1.29, 1.82) is 0 Å². The topological polar surface area (TPSA) is 93.2 Å². The van der Waals surface area contributed by atoms with Crippen LogP contribution in [0.2, 0.25) is 5.02 Å². The Balaban J connectivity index is 1.73. The summed E-state index contributed by atoms with van der Waals surface area (Å²) in [5, 5.41) is 8.09. The molecule has 1 heterocycles.